The minimum absolute atomic E-state index is 1.09. The lowest BCUT2D eigenvalue weighted by Crippen LogP contribution is -1.96. The first-order chi connectivity index (χ1) is 5.47. The zero-order valence-electron chi connectivity index (χ0n) is 6.38. The summed E-state index contributed by atoms with van der Waals surface area (Å²) in [6, 6.07) is 10.5. The van der Waals surface area contributed by atoms with Crippen LogP contribution in [0.15, 0.2) is 36.5 Å². The highest BCUT2D eigenvalue weighted by Crippen LogP contribution is 2.19. The zero-order chi connectivity index (χ0) is 7.52. The summed E-state index contributed by atoms with van der Waals surface area (Å²) in [4.78, 5) is 0. The highest BCUT2D eigenvalue weighted by Gasteiger charge is 2.04. The van der Waals surface area contributed by atoms with Gasteiger partial charge < -0.3 is 5.32 Å². The molecule has 1 aliphatic heterocycles. The Kier molecular flexibility index (Phi) is 1.64. The molecule has 0 unspecified atom stereocenters. The summed E-state index contributed by atoms with van der Waals surface area (Å²) in [7, 11) is 0. The van der Waals surface area contributed by atoms with E-state index in [1.165, 1.54) is 11.1 Å². The van der Waals surface area contributed by atoms with Crippen LogP contribution < -0.4 is 5.32 Å². The molecule has 1 aromatic rings. The molecule has 0 aromatic heterocycles. The van der Waals surface area contributed by atoms with Crippen LogP contribution in [0.5, 0.6) is 0 Å². The van der Waals surface area contributed by atoms with Crippen LogP contribution in [0.1, 0.15) is 12.0 Å². The largest absolute Gasteiger partial charge is 0.390 e. The molecule has 0 bridgehead atoms. The second-order valence-corrected chi connectivity index (χ2v) is 2.74. The van der Waals surface area contributed by atoms with Crippen LogP contribution >= 0.6 is 0 Å². The molecular weight excluding hydrogens is 134 g/mol. The van der Waals surface area contributed by atoms with Crippen molar-refractivity contribution < 1.29 is 0 Å². The van der Waals surface area contributed by atoms with Gasteiger partial charge in [0.15, 0.2) is 0 Å². The molecule has 1 aromatic carbocycles. The zero-order valence-corrected chi connectivity index (χ0v) is 6.38. The van der Waals surface area contributed by atoms with Gasteiger partial charge >= 0.3 is 0 Å². The van der Waals surface area contributed by atoms with Crippen molar-refractivity contribution >= 4 is 5.57 Å². The number of rotatable bonds is 1. The molecule has 0 fully saturated rings. The topological polar surface area (TPSA) is 12.0 Å². The Hall–Kier alpha value is -1.24. The first-order valence-electron chi connectivity index (χ1n) is 3.95. The molecule has 1 heterocycles. The van der Waals surface area contributed by atoms with Crippen molar-refractivity contribution in [3.8, 4) is 0 Å². The Morgan fingerprint density at radius 3 is 2.55 bits per heavy atom. The van der Waals surface area contributed by atoms with E-state index in [0.717, 1.165) is 13.0 Å². The SMILES string of the molecule is C1=C(c2ccccc2)CCN1. The Bertz CT molecular complexity index is 261. The average molecular weight is 145 g/mol. The van der Waals surface area contributed by atoms with Crippen LogP contribution in [0.25, 0.3) is 5.57 Å². The van der Waals surface area contributed by atoms with E-state index in [0.29, 0.717) is 0 Å². The van der Waals surface area contributed by atoms with E-state index in [4.69, 9.17) is 0 Å². The molecule has 11 heavy (non-hydrogen) atoms. The molecule has 0 amide bonds. The number of nitrogens with one attached hydrogen (secondary N) is 1. The van der Waals surface area contributed by atoms with E-state index in [2.05, 4.69) is 35.8 Å². The summed E-state index contributed by atoms with van der Waals surface area (Å²) < 4.78 is 0. The quantitative estimate of drug-likeness (QED) is 0.637. The maximum Gasteiger partial charge on any atom is 0.0182 e. The van der Waals surface area contributed by atoms with Gasteiger partial charge in [-0.15, -0.1) is 0 Å². The molecule has 0 radical (unpaired) electrons. The molecule has 1 nitrogen and oxygen atoms in total. The number of benzene rings is 1. The van der Waals surface area contributed by atoms with E-state index < -0.39 is 0 Å². The average Bonchev–Trinajstić information content (AvgIpc) is 2.58. The summed E-state index contributed by atoms with van der Waals surface area (Å²) in [6.07, 6.45) is 3.26. The summed E-state index contributed by atoms with van der Waals surface area (Å²) >= 11 is 0. The third-order valence-corrected chi connectivity index (χ3v) is 1.96. The van der Waals surface area contributed by atoms with Crippen molar-refractivity contribution in [2.45, 2.75) is 6.42 Å². The van der Waals surface area contributed by atoms with Crippen molar-refractivity contribution in [1.82, 2.24) is 5.32 Å². The van der Waals surface area contributed by atoms with E-state index in [1.54, 1.807) is 0 Å². The third-order valence-electron chi connectivity index (χ3n) is 1.96. The fourth-order valence-electron chi connectivity index (χ4n) is 1.35. The minimum atomic E-state index is 1.09. The summed E-state index contributed by atoms with van der Waals surface area (Å²) in [5.41, 5.74) is 2.77. The van der Waals surface area contributed by atoms with Crippen LogP contribution in [-0.4, -0.2) is 6.54 Å². The highest BCUT2D eigenvalue weighted by molar-refractivity contribution is 5.66. The molecule has 2 rings (SSSR count). The van der Waals surface area contributed by atoms with Gasteiger partial charge in [-0.05, 0) is 17.6 Å². The molecule has 0 atom stereocenters. The molecular formula is C10H11N. The molecule has 0 aliphatic carbocycles. The predicted molar refractivity (Wildman–Crippen MR) is 47.0 cm³/mol. The van der Waals surface area contributed by atoms with Crippen LogP contribution in [-0.2, 0) is 0 Å². The number of hydrogen-bond donors (Lipinski definition) is 1. The molecule has 0 saturated heterocycles. The molecule has 0 spiro atoms. The summed E-state index contributed by atoms with van der Waals surface area (Å²) in [6.45, 7) is 1.09. The van der Waals surface area contributed by atoms with Crippen LogP contribution in [0.4, 0.5) is 0 Å². The van der Waals surface area contributed by atoms with Crippen molar-refractivity contribution in [1.29, 1.82) is 0 Å². The summed E-state index contributed by atoms with van der Waals surface area (Å²) in [5, 5.41) is 3.21. The first kappa shape index (κ1) is 6.47. The van der Waals surface area contributed by atoms with E-state index in [1.807, 2.05) is 6.07 Å². The van der Waals surface area contributed by atoms with Gasteiger partial charge in [-0.2, -0.15) is 0 Å². The van der Waals surface area contributed by atoms with Crippen LogP contribution in [0, 0.1) is 0 Å². The Morgan fingerprint density at radius 1 is 1.09 bits per heavy atom. The molecule has 56 valence electrons. The van der Waals surface area contributed by atoms with E-state index in [-0.39, 0.29) is 0 Å². The van der Waals surface area contributed by atoms with Gasteiger partial charge in [0.1, 0.15) is 0 Å². The smallest absolute Gasteiger partial charge is 0.0182 e. The predicted octanol–water partition coefficient (Wildman–Crippen LogP) is 2.02. The van der Waals surface area contributed by atoms with Crippen LogP contribution in [0.2, 0.25) is 0 Å². The fraction of sp³-hybridized carbons (Fsp3) is 0.200. The normalized spacial score (nSPS) is 15.8. The lowest BCUT2D eigenvalue weighted by molar-refractivity contribution is 0.920. The van der Waals surface area contributed by atoms with Gasteiger partial charge in [0.25, 0.3) is 0 Å². The van der Waals surface area contributed by atoms with Gasteiger partial charge in [-0.3, -0.25) is 0 Å². The van der Waals surface area contributed by atoms with E-state index >= 15 is 0 Å². The monoisotopic (exact) mass is 145 g/mol. The van der Waals surface area contributed by atoms with E-state index in [9.17, 15) is 0 Å². The second-order valence-electron chi connectivity index (χ2n) is 2.74. The van der Waals surface area contributed by atoms with Crippen molar-refractivity contribution in [3.63, 3.8) is 0 Å². The molecule has 1 N–H and O–H groups in total. The first-order valence-corrected chi connectivity index (χ1v) is 3.95. The highest BCUT2D eigenvalue weighted by atomic mass is 14.8. The molecule has 1 heteroatoms. The van der Waals surface area contributed by atoms with Gasteiger partial charge in [-0.1, -0.05) is 30.3 Å². The van der Waals surface area contributed by atoms with Gasteiger partial charge in [0.05, 0.1) is 0 Å². The van der Waals surface area contributed by atoms with Gasteiger partial charge in [-0.25, -0.2) is 0 Å². The minimum Gasteiger partial charge on any atom is -0.390 e. The van der Waals surface area contributed by atoms with Crippen molar-refractivity contribution in [3.05, 3.63) is 42.1 Å². The Morgan fingerprint density at radius 2 is 1.91 bits per heavy atom. The Labute approximate surface area is 66.7 Å². The van der Waals surface area contributed by atoms with Crippen molar-refractivity contribution in [2.24, 2.45) is 0 Å². The standard InChI is InChI=1S/C10H11N/c1-2-4-9(5-3-1)10-6-7-11-8-10/h1-5,8,11H,6-7H2. The lowest BCUT2D eigenvalue weighted by atomic mass is 10.1. The molecule has 1 aliphatic rings. The maximum atomic E-state index is 3.21. The number of hydrogen-bond acceptors (Lipinski definition) is 1. The van der Waals surface area contributed by atoms with Gasteiger partial charge in [0, 0.05) is 12.7 Å². The lowest BCUT2D eigenvalue weighted by Gasteiger charge is -1.97. The fourth-order valence-corrected chi connectivity index (χ4v) is 1.35. The van der Waals surface area contributed by atoms with Crippen LogP contribution in [0.3, 0.4) is 0 Å². The Balaban J connectivity index is 2.29. The van der Waals surface area contributed by atoms with Gasteiger partial charge in [0.2, 0.25) is 0 Å². The second kappa shape index (κ2) is 2.79. The maximum absolute atomic E-state index is 3.21. The third kappa shape index (κ3) is 1.27. The molecule has 0 saturated carbocycles. The van der Waals surface area contributed by atoms with Crippen molar-refractivity contribution in [2.75, 3.05) is 6.54 Å². The summed E-state index contributed by atoms with van der Waals surface area (Å²) in [5.74, 6) is 0.